The molecule has 0 saturated carbocycles. The van der Waals surface area contributed by atoms with E-state index in [4.69, 9.17) is 15.3 Å². The van der Waals surface area contributed by atoms with E-state index in [0.29, 0.717) is 11.0 Å². The summed E-state index contributed by atoms with van der Waals surface area (Å²) in [6, 6.07) is 6.33. The third kappa shape index (κ3) is 2.08. The van der Waals surface area contributed by atoms with E-state index in [2.05, 4.69) is 5.16 Å². The Bertz CT molecular complexity index is 270. The summed E-state index contributed by atoms with van der Waals surface area (Å²) in [6.07, 6.45) is 1.26. The van der Waals surface area contributed by atoms with Crippen molar-refractivity contribution < 1.29 is 15.3 Å². The molecule has 0 aliphatic heterocycles. The van der Waals surface area contributed by atoms with Gasteiger partial charge in [-0.15, -0.1) is 0 Å². The molecule has 3 N–H and O–H groups in total. The normalized spacial score (nSPS) is 10.5. The lowest BCUT2D eigenvalue weighted by atomic mass is 9.80. The van der Waals surface area contributed by atoms with Crippen LogP contribution in [0.1, 0.15) is 5.56 Å². The largest absolute Gasteiger partial charge is 0.488 e. The summed E-state index contributed by atoms with van der Waals surface area (Å²) in [5.74, 6) is 0. The van der Waals surface area contributed by atoms with Gasteiger partial charge in [-0.1, -0.05) is 29.4 Å². The lowest BCUT2D eigenvalue weighted by molar-refractivity contribution is 0.322. The lowest BCUT2D eigenvalue weighted by Gasteiger charge is -1.97. The van der Waals surface area contributed by atoms with Crippen molar-refractivity contribution in [2.75, 3.05) is 0 Å². The van der Waals surface area contributed by atoms with Crippen molar-refractivity contribution in [2.45, 2.75) is 0 Å². The standard InChI is InChI=1S/C7H8BNO3/c10-8(11)7-3-1-6(2-4-7)5-9-12/h1-5,10-12H. The second-order valence-corrected chi connectivity index (χ2v) is 2.28. The van der Waals surface area contributed by atoms with E-state index in [1.807, 2.05) is 0 Å². The van der Waals surface area contributed by atoms with Crippen molar-refractivity contribution in [3.63, 3.8) is 0 Å². The number of nitrogens with zero attached hydrogens (tertiary/aromatic N) is 1. The maximum atomic E-state index is 8.72. The minimum atomic E-state index is -1.45. The first-order valence-corrected chi connectivity index (χ1v) is 3.37. The molecule has 0 bridgehead atoms. The Kier molecular flexibility index (Phi) is 2.84. The number of hydrogen-bond acceptors (Lipinski definition) is 4. The second-order valence-electron chi connectivity index (χ2n) is 2.28. The zero-order valence-corrected chi connectivity index (χ0v) is 6.25. The second kappa shape index (κ2) is 3.89. The average Bonchev–Trinajstić information content (AvgIpc) is 2.06. The molecule has 5 heteroatoms. The van der Waals surface area contributed by atoms with Crippen LogP contribution in [0.4, 0.5) is 0 Å². The summed E-state index contributed by atoms with van der Waals surface area (Å²) in [4.78, 5) is 0. The predicted molar refractivity (Wildman–Crippen MR) is 45.6 cm³/mol. The van der Waals surface area contributed by atoms with E-state index in [1.165, 1.54) is 6.21 Å². The highest BCUT2D eigenvalue weighted by atomic mass is 16.4. The van der Waals surface area contributed by atoms with Gasteiger partial charge in [-0.2, -0.15) is 0 Å². The Balaban J connectivity index is 2.85. The van der Waals surface area contributed by atoms with Gasteiger partial charge in [0.2, 0.25) is 0 Å². The van der Waals surface area contributed by atoms with E-state index >= 15 is 0 Å². The molecule has 0 aromatic heterocycles. The van der Waals surface area contributed by atoms with Crippen LogP contribution in [0, 0.1) is 0 Å². The quantitative estimate of drug-likeness (QED) is 0.232. The summed E-state index contributed by atoms with van der Waals surface area (Å²) in [5, 5.41) is 28.4. The van der Waals surface area contributed by atoms with Crippen LogP contribution in [0.5, 0.6) is 0 Å². The highest BCUT2D eigenvalue weighted by molar-refractivity contribution is 6.58. The third-order valence-electron chi connectivity index (χ3n) is 1.44. The molecule has 0 saturated heterocycles. The van der Waals surface area contributed by atoms with E-state index in [9.17, 15) is 0 Å². The van der Waals surface area contributed by atoms with Crippen molar-refractivity contribution in [1.29, 1.82) is 0 Å². The molecule has 12 heavy (non-hydrogen) atoms. The van der Waals surface area contributed by atoms with Crippen LogP contribution in [0.15, 0.2) is 29.4 Å². The molecule has 0 heterocycles. The summed E-state index contributed by atoms with van der Waals surface area (Å²) in [7, 11) is -1.45. The maximum absolute atomic E-state index is 8.72. The average molecular weight is 165 g/mol. The summed E-state index contributed by atoms with van der Waals surface area (Å²) in [5.41, 5.74) is 1.10. The Morgan fingerprint density at radius 3 is 2.17 bits per heavy atom. The van der Waals surface area contributed by atoms with Gasteiger partial charge in [0, 0.05) is 0 Å². The molecule has 62 valence electrons. The fourth-order valence-corrected chi connectivity index (χ4v) is 0.821. The molecule has 0 amide bonds. The molecule has 1 aromatic carbocycles. The van der Waals surface area contributed by atoms with Crippen LogP contribution in [0.3, 0.4) is 0 Å². The smallest absolute Gasteiger partial charge is 0.423 e. The van der Waals surface area contributed by atoms with Crippen LogP contribution < -0.4 is 5.46 Å². The first-order chi connectivity index (χ1) is 5.74. The first kappa shape index (κ1) is 8.77. The van der Waals surface area contributed by atoms with Crippen LogP contribution in [-0.4, -0.2) is 28.6 Å². The van der Waals surface area contributed by atoms with Gasteiger partial charge in [0.1, 0.15) is 0 Å². The molecule has 0 aliphatic rings. The zero-order chi connectivity index (χ0) is 8.97. The summed E-state index contributed by atoms with van der Waals surface area (Å²) in [6.45, 7) is 0. The van der Waals surface area contributed by atoms with Crippen molar-refractivity contribution >= 4 is 18.8 Å². The highest BCUT2D eigenvalue weighted by Crippen LogP contribution is 1.92. The van der Waals surface area contributed by atoms with Gasteiger partial charge >= 0.3 is 7.12 Å². The van der Waals surface area contributed by atoms with Crippen LogP contribution in [0.25, 0.3) is 0 Å². The van der Waals surface area contributed by atoms with Crippen molar-refractivity contribution in [1.82, 2.24) is 0 Å². The van der Waals surface area contributed by atoms with Gasteiger partial charge in [-0.3, -0.25) is 0 Å². The van der Waals surface area contributed by atoms with Gasteiger partial charge in [-0.25, -0.2) is 0 Å². The first-order valence-electron chi connectivity index (χ1n) is 3.37. The summed E-state index contributed by atoms with van der Waals surface area (Å²) >= 11 is 0. The Hall–Kier alpha value is -1.33. The Labute approximate surface area is 69.9 Å². The number of rotatable bonds is 2. The fraction of sp³-hybridized carbons (Fsp3) is 0. The van der Waals surface area contributed by atoms with Gasteiger partial charge in [-0.05, 0) is 11.0 Å². The minimum absolute atomic E-state index is 0.407. The van der Waals surface area contributed by atoms with Gasteiger partial charge in [0.15, 0.2) is 0 Å². The topological polar surface area (TPSA) is 73.1 Å². The van der Waals surface area contributed by atoms with Crippen LogP contribution >= 0.6 is 0 Å². The maximum Gasteiger partial charge on any atom is 0.488 e. The van der Waals surface area contributed by atoms with Crippen molar-refractivity contribution in [3.8, 4) is 0 Å². The van der Waals surface area contributed by atoms with Crippen molar-refractivity contribution in [3.05, 3.63) is 29.8 Å². The molecule has 0 unspecified atom stereocenters. The van der Waals surface area contributed by atoms with Crippen LogP contribution in [-0.2, 0) is 0 Å². The van der Waals surface area contributed by atoms with E-state index in [-0.39, 0.29) is 0 Å². The molecule has 1 aromatic rings. The molecule has 1 rings (SSSR count). The molecule has 0 aliphatic carbocycles. The number of benzene rings is 1. The molecular formula is C7H8BNO3. The van der Waals surface area contributed by atoms with Crippen LogP contribution in [0.2, 0.25) is 0 Å². The van der Waals surface area contributed by atoms with Gasteiger partial charge in [0.05, 0.1) is 6.21 Å². The molecule has 0 spiro atoms. The predicted octanol–water partition coefficient (Wildman–Crippen LogP) is -0.826. The van der Waals surface area contributed by atoms with E-state index in [1.54, 1.807) is 24.3 Å². The Morgan fingerprint density at radius 2 is 1.75 bits per heavy atom. The minimum Gasteiger partial charge on any atom is -0.423 e. The highest BCUT2D eigenvalue weighted by Gasteiger charge is 2.08. The van der Waals surface area contributed by atoms with Gasteiger partial charge in [0.25, 0.3) is 0 Å². The van der Waals surface area contributed by atoms with Crippen molar-refractivity contribution in [2.24, 2.45) is 5.16 Å². The monoisotopic (exact) mass is 165 g/mol. The fourth-order valence-electron chi connectivity index (χ4n) is 0.821. The molecule has 0 atom stereocenters. The summed E-state index contributed by atoms with van der Waals surface area (Å²) < 4.78 is 0. The molecule has 0 fully saturated rings. The zero-order valence-electron chi connectivity index (χ0n) is 6.25. The number of oxime groups is 1. The number of hydrogen-bond donors (Lipinski definition) is 3. The SMILES string of the molecule is ON=Cc1ccc(B(O)O)cc1. The van der Waals surface area contributed by atoms with E-state index < -0.39 is 7.12 Å². The molecule has 0 radical (unpaired) electrons. The lowest BCUT2D eigenvalue weighted by Crippen LogP contribution is -2.29. The molecular weight excluding hydrogens is 157 g/mol. The van der Waals surface area contributed by atoms with Gasteiger partial charge < -0.3 is 15.3 Å². The Morgan fingerprint density at radius 1 is 1.17 bits per heavy atom. The third-order valence-corrected chi connectivity index (χ3v) is 1.44. The molecule has 4 nitrogen and oxygen atoms in total. The van der Waals surface area contributed by atoms with E-state index in [0.717, 1.165) is 0 Å².